The van der Waals surface area contributed by atoms with Gasteiger partial charge in [-0.15, -0.1) is 0 Å². The fourth-order valence-electron chi connectivity index (χ4n) is 2.60. The number of amides is 1. The summed E-state index contributed by atoms with van der Waals surface area (Å²) >= 11 is 0. The molecule has 3 N–H and O–H groups in total. The van der Waals surface area contributed by atoms with E-state index in [1.165, 1.54) is 0 Å². The van der Waals surface area contributed by atoms with Crippen molar-refractivity contribution in [2.75, 3.05) is 31.5 Å². The number of nitrogens with one attached hydrogen (secondary N) is 3. The van der Waals surface area contributed by atoms with Crippen molar-refractivity contribution in [2.24, 2.45) is 5.41 Å². The molecule has 0 aliphatic carbocycles. The molecule has 0 saturated carbocycles. The Kier molecular flexibility index (Phi) is 7.12. The van der Waals surface area contributed by atoms with E-state index in [0.29, 0.717) is 18.8 Å². The molecular weight excluding hydrogens is 366 g/mol. The highest BCUT2D eigenvalue weighted by Crippen LogP contribution is 2.26. The van der Waals surface area contributed by atoms with Gasteiger partial charge in [-0.25, -0.2) is 8.78 Å². The van der Waals surface area contributed by atoms with Crippen LogP contribution >= 0.6 is 0 Å². The number of nitrogens with zero attached hydrogens (tertiary/aromatic N) is 1. The van der Waals surface area contributed by atoms with Gasteiger partial charge in [0.15, 0.2) is 0 Å². The van der Waals surface area contributed by atoms with Crippen LogP contribution in [0.1, 0.15) is 27.7 Å². The van der Waals surface area contributed by atoms with E-state index in [2.05, 4.69) is 10.6 Å². The van der Waals surface area contributed by atoms with Crippen molar-refractivity contribution in [1.82, 2.24) is 10.2 Å². The first-order chi connectivity index (χ1) is 13.1. The monoisotopic (exact) mass is 394 g/mol. The maximum Gasteiger partial charge on any atom is 0.293 e. The zero-order valence-corrected chi connectivity index (χ0v) is 16.7. The van der Waals surface area contributed by atoms with E-state index in [9.17, 15) is 13.6 Å². The van der Waals surface area contributed by atoms with Gasteiger partial charge in [-0.2, -0.15) is 0 Å². The predicted molar refractivity (Wildman–Crippen MR) is 105 cm³/mol. The highest BCUT2D eigenvalue weighted by atomic mass is 19.1. The van der Waals surface area contributed by atoms with E-state index in [1.54, 1.807) is 0 Å². The maximum absolute atomic E-state index is 13.5. The SMILES string of the molecule is CC(OC(C(=O)Nc1cc(F)cc(F)c1)=C(C=N)N1CCNCC1)C(C)(C)C. The van der Waals surface area contributed by atoms with Gasteiger partial charge in [0.1, 0.15) is 23.4 Å². The minimum absolute atomic E-state index is 0.0170. The molecule has 0 radical (unpaired) electrons. The van der Waals surface area contributed by atoms with Gasteiger partial charge < -0.3 is 25.7 Å². The molecule has 1 aliphatic heterocycles. The number of anilines is 1. The third-order valence-corrected chi connectivity index (χ3v) is 4.67. The molecule has 1 aromatic rings. The van der Waals surface area contributed by atoms with Crippen LogP contribution in [0.5, 0.6) is 0 Å². The Morgan fingerprint density at radius 3 is 2.32 bits per heavy atom. The first-order valence-corrected chi connectivity index (χ1v) is 9.26. The van der Waals surface area contributed by atoms with Crippen LogP contribution in [0.15, 0.2) is 29.7 Å². The molecule has 8 heteroatoms. The molecule has 1 atom stereocenters. The third kappa shape index (κ3) is 5.76. The van der Waals surface area contributed by atoms with E-state index in [0.717, 1.165) is 37.5 Å². The molecular formula is C20H28F2N4O2. The lowest BCUT2D eigenvalue weighted by atomic mass is 9.90. The fraction of sp³-hybridized carbons (Fsp3) is 0.500. The molecule has 0 bridgehead atoms. The minimum Gasteiger partial charge on any atom is -0.483 e. The van der Waals surface area contributed by atoms with Crippen molar-refractivity contribution in [3.63, 3.8) is 0 Å². The average Bonchev–Trinajstić information content (AvgIpc) is 2.60. The summed E-state index contributed by atoms with van der Waals surface area (Å²) in [6.07, 6.45) is 0.747. The van der Waals surface area contributed by atoms with Crippen molar-refractivity contribution in [2.45, 2.75) is 33.8 Å². The minimum atomic E-state index is -0.792. The van der Waals surface area contributed by atoms with Crippen LogP contribution in [0.3, 0.4) is 0 Å². The number of carbonyl (C=O) groups is 1. The lowest BCUT2D eigenvalue weighted by Gasteiger charge is -2.33. The second-order valence-electron chi connectivity index (χ2n) is 7.83. The summed E-state index contributed by atoms with van der Waals surface area (Å²) in [6, 6.07) is 2.79. The Morgan fingerprint density at radius 2 is 1.82 bits per heavy atom. The number of carbonyl (C=O) groups excluding carboxylic acids is 1. The Labute approximate surface area is 164 Å². The molecule has 1 fully saturated rings. The van der Waals surface area contributed by atoms with Gasteiger partial charge in [0.05, 0.1) is 0 Å². The number of halogens is 2. The zero-order chi connectivity index (χ0) is 20.9. The van der Waals surface area contributed by atoms with Crippen molar-refractivity contribution >= 4 is 17.8 Å². The summed E-state index contributed by atoms with van der Waals surface area (Å²) in [5.74, 6) is -2.28. The fourth-order valence-corrected chi connectivity index (χ4v) is 2.60. The van der Waals surface area contributed by atoms with Gasteiger partial charge in [-0.1, -0.05) is 20.8 Å². The summed E-state index contributed by atoms with van der Waals surface area (Å²) in [6.45, 7) is 10.4. The van der Waals surface area contributed by atoms with Crippen LogP contribution in [0.2, 0.25) is 0 Å². The van der Waals surface area contributed by atoms with E-state index >= 15 is 0 Å². The van der Waals surface area contributed by atoms with Crippen LogP contribution in [-0.2, 0) is 9.53 Å². The molecule has 154 valence electrons. The second-order valence-corrected chi connectivity index (χ2v) is 7.83. The number of hydrogen-bond acceptors (Lipinski definition) is 5. The molecule has 1 heterocycles. The van der Waals surface area contributed by atoms with Gasteiger partial charge in [0, 0.05) is 44.1 Å². The maximum atomic E-state index is 13.5. The number of hydrogen-bond donors (Lipinski definition) is 3. The van der Waals surface area contributed by atoms with E-state index in [1.807, 2.05) is 32.6 Å². The first-order valence-electron chi connectivity index (χ1n) is 9.26. The third-order valence-electron chi connectivity index (χ3n) is 4.67. The van der Waals surface area contributed by atoms with Gasteiger partial charge in [0.25, 0.3) is 5.91 Å². The number of benzene rings is 1. The molecule has 1 amide bonds. The highest BCUT2D eigenvalue weighted by molar-refractivity contribution is 6.05. The van der Waals surface area contributed by atoms with Gasteiger partial charge >= 0.3 is 0 Å². The number of rotatable bonds is 6. The Bertz CT molecular complexity index is 733. The average molecular weight is 394 g/mol. The van der Waals surface area contributed by atoms with Crippen molar-refractivity contribution in [1.29, 1.82) is 5.41 Å². The standard InChI is InChI=1S/C20H28F2N4O2/c1-13(20(2,3)4)28-18(17(12-23)26-7-5-24-6-8-26)19(27)25-16-10-14(21)9-15(22)11-16/h9-13,23-24H,5-8H2,1-4H3,(H,25,27). The Hall–Kier alpha value is -2.48. The van der Waals surface area contributed by atoms with Gasteiger partial charge in [-0.3, -0.25) is 4.79 Å². The highest BCUT2D eigenvalue weighted by Gasteiger charge is 2.29. The molecule has 0 aromatic heterocycles. The smallest absolute Gasteiger partial charge is 0.293 e. The summed E-state index contributed by atoms with van der Waals surface area (Å²) in [5, 5.41) is 13.5. The van der Waals surface area contributed by atoms with E-state index in [4.69, 9.17) is 10.1 Å². The zero-order valence-electron chi connectivity index (χ0n) is 16.7. The van der Waals surface area contributed by atoms with Gasteiger partial charge in [-0.05, 0) is 24.5 Å². The quantitative estimate of drug-likeness (QED) is 0.394. The van der Waals surface area contributed by atoms with Crippen molar-refractivity contribution in [3.05, 3.63) is 41.3 Å². The van der Waals surface area contributed by atoms with Crippen molar-refractivity contribution < 1.29 is 18.3 Å². The molecule has 1 unspecified atom stereocenters. The Morgan fingerprint density at radius 1 is 1.25 bits per heavy atom. The van der Waals surface area contributed by atoms with Crippen LogP contribution in [0, 0.1) is 22.5 Å². The second kappa shape index (κ2) is 9.14. The number of ether oxygens (including phenoxy) is 1. The lowest BCUT2D eigenvalue weighted by Crippen LogP contribution is -2.44. The van der Waals surface area contributed by atoms with E-state index in [-0.39, 0.29) is 23.0 Å². The molecule has 1 saturated heterocycles. The topological polar surface area (TPSA) is 77.5 Å². The van der Waals surface area contributed by atoms with Crippen LogP contribution in [0.25, 0.3) is 0 Å². The molecule has 28 heavy (non-hydrogen) atoms. The number of piperazine rings is 1. The van der Waals surface area contributed by atoms with Crippen LogP contribution < -0.4 is 10.6 Å². The molecule has 2 rings (SSSR count). The number of allylic oxidation sites excluding steroid dienone is 1. The largest absolute Gasteiger partial charge is 0.483 e. The van der Waals surface area contributed by atoms with Crippen LogP contribution in [0.4, 0.5) is 14.5 Å². The lowest BCUT2D eigenvalue weighted by molar-refractivity contribution is -0.118. The van der Waals surface area contributed by atoms with Gasteiger partial charge in [0.2, 0.25) is 5.76 Å². The molecule has 0 spiro atoms. The van der Waals surface area contributed by atoms with Crippen LogP contribution in [-0.4, -0.2) is 49.3 Å². The summed E-state index contributed by atoms with van der Waals surface area (Å²) in [5.41, 5.74) is 0.0659. The predicted octanol–water partition coefficient (Wildman–Crippen LogP) is 3.12. The summed E-state index contributed by atoms with van der Waals surface area (Å²) in [7, 11) is 0. The molecule has 1 aromatic carbocycles. The molecule has 6 nitrogen and oxygen atoms in total. The Balaban J connectivity index is 2.39. The summed E-state index contributed by atoms with van der Waals surface area (Å²) in [4.78, 5) is 14.8. The first kappa shape index (κ1) is 21.8. The normalized spacial score (nSPS) is 16.9. The summed E-state index contributed by atoms with van der Waals surface area (Å²) < 4.78 is 32.9. The van der Waals surface area contributed by atoms with Crippen molar-refractivity contribution in [3.8, 4) is 0 Å². The molecule has 1 aliphatic rings. The van der Waals surface area contributed by atoms with E-state index < -0.39 is 17.5 Å².